The molecule has 0 fully saturated rings. The van der Waals surface area contributed by atoms with Crippen LogP contribution in [-0.2, 0) is 13.0 Å². The van der Waals surface area contributed by atoms with E-state index in [4.69, 9.17) is 4.74 Å². The SMILES string of the molecule is COc1ccccc1CNC(Cc1ccsc1)c1ccc(C)cn1. The lowest BCUT2D eigenvalue weighted by Gasteiger charge is -2.19. The van der Waals surface area contributed by atoms with Gasteiger partial charge in [0.25, 0.3) is 0 Å². The van der Waals surface area contributed by atoms with Gasteiger partial charge >= 0.3 is 0 Å². The second kappa shape index (κ2) is 8.08. The van der Waals surface area contributed by atoms with E-state index in [9.17, 15) is 0 Å². The van der Waals surface area contributed by atoms with E-state index >= 15 is 0 Å². The monoisotopic (exact) mass is 338 g/mol. The highest BCUT2D eigenvalue weighted by atomic mass is 32.1. The summed E-state index contributed by atoms with van der Waals surface area (Å²) < 4.78 is 5.45. The van der Waals surface area contributed by atoms with E-state index in [0.717, 1.165) is 30.0 Å². The quantitative estimate of drug-likeness (QED) is 0.687. The van der Waals surface area contributed by atoms with E-state index in [1.807, 2.05) is 24.4 Å². The molecule has 124 valence electrons. The average molecular weight is 338 g/mol. The van der Waals surface area contributed by atoms with Crippen LogP contribution < -0.4 is 10.1 Å². The molecular formula is C20H22N2OS. The van der Waals surface area contributed by atoms with Crippen LogP contribution in [0, 0.1) is 6.92 Å². The summed E-state index contributed by atoms with van der Waals surface area (Å²) in [4.78, 5) is 4.62. The minimum atomic E-state index is 0.171. The van der Waals surface area contributed by atoms with Crippen LogP contribution in [0.3, 0.4) is 0 Å². The minimum absolute atomic E-state index is 0.171. The first kappa shape index (κ1) is 16.7. The van der Waals surface area contributed by atoms with Crippen molar-refractivity contribution in [3.63, 3.8) is 0 Å². The van der Waals surface area contributed by atoms with Crippen LogP contribution in [0.1, 0.15) is 28.4 Å². The number of rotatable bonds is 7. The fraction of sp³-hybridized carbons (Fsp3) is 0.250. The van der Waals surface area contributed by atoms with Crippen LogP contribution in [0.25, 0.3) is 0 Å². The van der Waals surface area contributed by atoms with E-state index in [1.54, 1.807) is 18.4 Å². The van der Waals surface area contributed by atoms with Gasteiger partial charge in [-0.05, 0) is 53.4 Å². The molecule has 4 heteroatoms. The Morgan fingerprint density at radius 1 is 1.17 bits per heavy atom. The molecule has 0 aliphatic carbocycles. The van der Waals surface area contributed by atoms with Crippen molar-refractivity contribution in [2.75, 3.05) is 7.11 Å². The minimum Gasteiger partial charge on any atom is -0.496 e. The van der Waals surface area contributed by atoms with Gasteiger partial charge in [0.05, 0.1) is 18.8 Å². The molecule has 3 nitrogen and oxygen atoms in total. The van der Waals surface area contributed by atoms with Crippen LogP contribution >= 0.6 is 11.3 Å². The number of nitrogens with zero attached hydrogens (tertiary/aromatic N) is 1. The Morgan fingerprint density at radius 3 is 2.75 bits per heavy atom. The Balaban J connectivity index is 1.77. The zero-order valence-corrected chi connectivity index (χ0v) is 14.8. The molecular weight excluding hydrogens is 316 g/mol. The molecule has 0 radical (unpaired) electrons. The van der Waals surface area contributed by atoms with Gasteiger partial charge in [0.1, 0.15) is 5.75 Å². The first-order chi connectivity index (χ1) is 11.8. The van der Waals surface area contributed by atoms with Gasteiger partial charge in [0.2, 0.25) is 0 Å². The molecule has 3 rings (SSSR count). The maximum atomic E-state index is 5.45. The summed E-state index contributed by atoms with van der Waals surface area (Å²) >= 11 is 1.73. The summed E-state index contributed by atoms with van der Waals surface area (Å²) in [5.74, 6) is 0.913. The Kier molecular flexibility index (Phi) is 5.62. The zero-order valence-electron chi connectivity index (χ0n) is 14.0. The highest BCUT2D eigenvalue weighted by Gasteiger charge is 2.14. The summed E-state index contributed by atoms with van der Waals surface area (Å²) in [6.45, 7) is 2.81. The highest BCUT2D eigenvalue weighted by Crippen LogP contribution is 2.22. The fourth-order valence-electron chi connectivity index (χ4n) is 2.69. The number of aryl methyl sites for hydroxylation is 1. The summed E-state index contributed by atoms with van der Waals surface area (Å²) in [5, 5.41) is 7.97. The first-order valence-corrected chi connectivity index (χ1v) is 8.99. The van der Waals surface area contributed by atoms with Gasteiger partial charge in [-0.3, -0.25) is 4.98 Å². The summed E-state index contributed by atoms with van der Waals surface area (Å²) in [5.41, 5.74) is 4.74. The molecule has 24 heavy (non-hydrogen) atoms. The highest BCUT2D eigenvalue weighted by molar-refractivity contribution is 7.07. The number of para-hydroxylation sites is 1. The lowest BCUT2D eigenvalue weighted by atomic mass is 10.0. The second-order valence-electron chi connectivity index (χ2n) is 5.84. The van der Waals surface area contributed by atoms with Crippen molar-refractivity contribution in [2.24, 2.45) is 0 Å². The van der Waals surface area contributed by atoms with Gasteiger partial charge in [0, 0.05) is 18.3 Å². The number of hydrogen-bond donors (Lipinski definition) is 1. The topological polar surface area (TPSA) is 34.1 Å². The fourth-order valence-corrected chi connectivity index (χ4v) is 3.37. The third-order valence-electron chi connectivity index (χ3n) is 4.04. The van der Waals surface area contributed by atoms with Crippen LogP contribution in [0.2, 0.25) is 0 Å². The normalized spacial score (nSPS) is 12.1. The number of ether oxygens (including phenoxy) is 1. The lowest BCUT2D eigenvalue weighted by molar-refractivity contribution is 0.404. The van der Waals surface area contributed by atoms with E-state index in [-0.39, 0.29) is 6.04 Å². The molecule has 0 saturated heterocycles. The maximum Gasteiger partial charge on any atom is 0.123 e. The van der Waals surface area contributed by atoms with Crippen molar-refractivity contribution in [3.8, 4) is 5.75 Å². The molecule has 0 amide bonds. The van der Waals surface area contributed by atoms with Gasteiger partial charge in [-0.2, -0.15) is 11.3 Å². The molecule has 2 aromatic heterocycles. The van der Waals surface area contributed by atoms with Crippen LogP contribution in [-0.4, -0.2) is 12.1 Å². The number of nitrogens with one attached hydrogen (secondary N) is 1. The zero-order chi connectivity index (χ0) is 16.8. The van der Waals surface area contributed by atoms with Crippen LogP contribution in [0.15, 0.2) is 59.4 Å². The van der Waals surface area contributed by atoms with Gasteiger partial charge < -0.3 is 10.1 Å². The van der Waals surface area contributed by atoms with Gasteiger partial charge in [-0.15, -0.1) is 0 Å². The smallest absolute Gasteiger partial charge is 0.123 e. The van der Waals surface area contributed by atoms with Crippen LogP contribution in [0.4, 0.5) is 0 Å². The lowest BCUT2D eigenvalue weighted by Crippen LogP contribution is -2.24. The van der Waals surface area contributed by atoms with Crippen molar-refractivity contribution in [1.82, 2.24) is 10.3 Å². The molecule has 0 aliphatic heterocycles. The van der Waals surface area contributed by atoms with Gasteiger partial charge in [0.15, 0.2) is 0 Å². The third-order valence-corrected chi connectivity index (χ3v) is 4.77. The predicted octanol–water partition coefficient (Wildman–Crippen LogP) is 4.53. The number of hydrogen-bond acceptors (Lipinski definition) is 4. The standard InChI is InChI=1S/C20H22N2OS/c1-15-7-8-18(21-12-15)19(11-16-9-10-24-14-16)22-13-17-5-3-4-6-20(17)23-2/h3-10,12,14,19,22H,11,13H2,1-2H3. The average Bonchev–Trinajstić information content (AvgIpc) is 3.13. The first-order valence-electron chi connectivity index (χ1n) is 8.05. The number of thiophene rings is 1. The van der Waals surface area contributed by atoms with Crippen molar-refractivity contribution >= 4 is 11.3 Å². The van der Waals surface area contributed by atoms with Crippen molar-refractivity contribution < 1.29 is 4.74 Å². The largest absolute Gasteiger partial charge is 0.496 e. The molecule has 0 aliphatic rings. The van der Waals surface area contributed by atoms with Crippen molar-refractivity contribution in [1.29, 1.82) is 0 Å². The summed E-state index contributed by atoms with van der Waals surface area (Å²) in [6.07, 6.45) is 2.86. The molecule has 2 heterocycles. The number of methoxy groups -OCH3 is 1. The molecule has 0 saturated carbocycles. The van der Waals surface area contributed by atoms with E-state index in [0.29, 0.717) is 0 Å². The summed E-state index contributed by atoms with van der Waals surface area (Å²) in [7, 11) is 1.71. The molecule has 3 aromatic rings. The number of pyridine rings is 1. The van der Waals surface area contributed by atoms with Gasteiger partial charge in [-0.1, -0.05) is 24.3 Å². The Labute approximate surface area is 147 Å². The predicted molar refractivity (Wildman–Crippen MR) is 99.6 cm³/mol. The maximum absolute atomic E-state index is 5.45. The van der Waals surface area contributed by atoms with Crippen molar-refractivity contribution in [2.45, 2.75) is 25.9 Å². The summed E-state index contributed by atoms with van der Waals surface area (Å²) in [6, 6.07) is 14.7. The van der Waals surface area contributed by atoms with E-state index < -0.39 is 0 Å². The Hall–Kier alpha value is -2.17. The molecule has 0 bridgehead atoms. The molecule has 0 spiro atoms. The second-order valence-corrected chi connectivity index (χ2v) is 6.62. The molecule has 1 atom stereocenters. The number of aromatic nitrogens is 1. The van der Waals surface area contributed by atoms with Crippen molar-refractivity contribution in [3.05, 3.63) is 81.8 Å². The van der Waals surface area contributed by atoms with E-state index in [2.05, 4.69) is 52.3 Å². The van der Waals surface area contributed by atoms with Crippen LogP contribution in [0.5, 0.6) is 5.75 Å². The molecule has 1 unspecified atom stereocenters. The molecule has 1 N–H and O–H groups in total. The van der Waals surface area contributed by atoms with Gasteiger partial charge in [-0.25, -0.2) is 0 Å². The Bertz CT molecular complexity index is 754. The van der Waals surface area contributed by atoms with E-state index in [1.165, 1.54) is 11.1 Å². The number of benzene rings is 1. The third kappa shape index (κ3) is 4.22. The molecule has 1 aromatic carbocycles. The Morgan fingerprint density at radius 2 is 2.04 bits per heavy atom.